The van der Waals surface area contributed by atoms with E-state index >= 15 is 0 Å². The van der Waals surface area contributed by atoms with Crippen molar-refractivity contribution in [2.45, 2.75) is 44.1 Å². The van der Waals surface area contributed by atoms with Crippen molar-refractivity contribution in [3.05, 3.63) is 47.1 Å². The highest BCUT2D eigenvalue weighted by molar-refractivity contribution is 5.94. The Balaban J connectivity index is 1.49. The van der Waals surface area contributed by atoms with Crippen LogP contribution in [0.4, 0.5) is 8.78 Å². The minimum atomic E-state index is -1.01. The van der Waals surface area contributed by atoms with Gasteiger partial charge in [-0.05, 0) is 43.4 Å². The standard InChI is InChI=1S/C20H23F2N3O3/c1-27-12-17-23-19(24-28-17)20(11-13-2-3-13)6-8-25(9-7-20)18(26)14-4-5-15(21)16(22)10-14/h4-5,10,13H,2-3,6-9,11-12H2,1H3. The second-order valence-corrected chi connectivity index (χ2v) is 7.79. The molecule has 1 aromatic heterocycles. The normalized spacial score (nSPS) is 19.0. The second kappa shape index (κ2) is 7.58. The summed E-state index contributed by atoms with van der Waals surface area (Å²) >= 11 is 0. The van der Waals surface area contributed by atoms with Crippen molar-refractivity contribution in [3.63, 3.8) is 0 Å². The molecule has 2 fully saturated rings. The van der Waals surface area contributed by atoms with Gasteiger partial charge in [0.1, 0.15) is 6.61 Å². The smallest absolute Gasteiger partial charge is 0.253 e. The molecule has 0 radical (unpaired) electrons. The van der Waals surface area contributed by atoms with Crippen LogP contribution in [0.15, 0.2) is 22.7 Å². The Morgan fingerprint density at radius 3 is 2.68 bits per heavy atom. The van der Waals surface area contributed by atoms with E-state index in [2.05, 4.69) is 10.1 Å². The van der Waals surface area contributed by atoms with Gasteiger partial charge in [0.2, 0.25) is 0 Å². The zero-order chi connectivity index (χ0) is 19.7. The quantitative estimate of drug-likeness (QED) is 0.754. The summed E-state index contributed by atoms with van der Waals surface area (Å²) in [5, 5.41) is 4.20. The Hall–Kier alpha value is -2.35. The molecule has 0 spiro atoms. The van der Waals surface area contributed by atoms with Crippen LogP contribution in [0.1, 0.15) is 54.2 Å². The molecule has 1 amide bonds. The zero-order valence-corrected chi connectivity index (χ0v) is 15.8. The number of halogens is 2. The van der Waals surface area contributed by atoms with Crippen molar-refractivity contribution in [2.24, 2.45) is 5.92 Å². The van der Waals surface area contributed by atoms with Crippen LogP contribution in [0.3, 0.4) is 0 Å². The maximum atomic E-state index is 13.5. The lowest BCUT2D eigenvalue weighted by Gasteiger charge is -2.40. The lowest BCUT2D eigenvalue weighted by atomic mass is 9.73. The van der Waals surface area contributed by atoms with Gasteiger partial charge < -0.3 is 14.2 Å². The number of nitrogens with zero attached hydrogens (tertiary/aromatic N) is 3. The van der Waals surface area contributed by atoms with Crippen molar-refractivity contribution in [1.29, 1.82) is 0 Å². The maximum absolute atomic E-state index is 13.5. The summed E-state index contributed by atoms with van der Waals surface area (Å²) in [6.07, 6.45) is 4.83. The van der Waals surface area contributed by atoms with E-state index in [0.717, 1.165) is 18.6 Å². The van der Waals surface area contributed by atoms with Gasteiger partial charge in [-0.2, -0.15) is 4.98 Å². The van der Waals surface area contributed by atoms with Gasteiger partial charge in [0.05, 0.1) is 0 Å². The second-order valence-electron chi connectivity index (χ2n) is 7.79. The predicted octanol–water partition coefficient (Wildman–Crippen LogP) is 3.47. The maximum Gasteiger partial charge on any atom is 0.253 e. The molecule has 1 aliphatic heterocycles. The summed E-state index contributed by atoms with van der Waals surface area (Å²) in [5.41, 5.74) is -0.0582. The molecule has 2 aliphatic rings. The first-order valence-corrected chi connectivity index (χ1v) is 9.57. The molecular formula is C20H23F2N3O3. The third-order valence-corrected chi connectivity index (χ3v) is 5.76. The Bertz CT molecular complexity index is 858. The SMILES string of the molecule is COCc1nc(C2(CC3CC3)CCN(C(=O)c3ccc(F)c(F)c3)CC2)no1. The Morgan fingerprint density at radius 2 is 2.04 bits per heavy atom. The highest BCUT2D eigenvalue weighted by Gasteiger charge is 2.44. The van der Waals surface area contributed by atoms with E-state index in [9.17, 15) is 13.6 Å². The highest BCUT2D eigenvalue weighted by Crippen LogP contribution is 2.46. The van der Waals surface area contributed by atoms with Gasteiger partial charge in [0, 0.05) is 31.2 Å². The molecule has 2 aromatic rings. The van der Waals surface area contributed by atoms with Gasteiger partial charge >= 0.3 is 0 Å². The molecule has 2 heterocycles. The monoisotopic (exact) mass is 391 g/mol. The van der Waals surface area contributed by atoms with E-state index in [1.54, 1.807) is 12.0 Å². The van der Waals surface area contributed by atoms with Gasteiger partial charge in [-0.3, -0.25) is 4.79 Å². The van der Waals surface area contributed by atoms with Gasteiger partial charge in [-0.25, -0.2) is 8.78 Å². The lowest BCUT2D eigenvalue weighted by Crippen LogP contribution is -2.46. The first kappa shape index (κ1) is 19.0. The van der Waals surface area contributed by atoms with Crippen molar-refractivity contribution in [2.75, 3.05) is 20.2 Å². The average Bonchev–Trinajstić information content (AvgIpc) is 3.38. The fourth-order valence-electron chi connectivity index (χ4n) is 4.00. The summed E-state index contributed by atoms with van der Waals surface area (Å²) in [6.45, 7) is 1.30. The summed E-state index contributed by atoms with van der Waals surface area (Å²) < 4.78 is 37.0. The average molecular weight is 391 g/mol. The topological polar surface area (TPSA) is 68.5 Å². The van der Waals surface area contributed by atoms with Crippen LogP contribution in [-0.2, 0) is 16.8 Å². The van der Waals surface area contributed by atoms with Crippen LogP contribution in [0.5, 0.6) is 0 Å². The predicted molar refractivity (Wildman–Crippen MR) is 95.5 cm³/mol. The number of hydrogen-bond acceptors (Lipinski definition) is 5. The number of piperidine rings is 1. The zero-order valence-electron chi connectivity index (χ0n) is 15.8. The molecule has 1 aliphatic carbocycles. The van der Waals surface area contributed by atoms with E-state index in [-0.39, 0.29) is 23.5 Å². The summed E-state index contributed by atoms with van der Waals surface area (Å²) in [4.78, 5) is 18.9. The fourth-order valence-corrected chi connectivity index (χ4v) is 4.00. The van der Waals surface area contributed by atoms with Gasteiger partial charge in [-0.15, -0.1) is 0 Å². The minimum Gasteiger partial charge on any atom is -0.375 e. The van der Waals surface area contributed by atoms with Crippen molar-refractivity contribution < 1.29 is 22.8 Å². The minimum absolute atomic E-state index is 0.163. The molecule has 1 saturated carbocycles. The number of aromatic nitrogens is 2. The Morgan fingerprint density at radius 1 is 1.29 bits per heavy atom. The molecule has 6 nitrogen and oxygen atoms in total. The lowest BCUT2D eigenvalue weighted by molar-refractivity contribution is 0.0645. The number of rotatable bonds is 6. The van der Waals surface area contributed by atoms with Gasteiger partial charge in [0.25, 0.3) is 11.8 Å². The molecule has 0 unspecified atom stereocenters. The van der Waals surface area contributed by atoms with Crippen LogP contribution >= 0.6 is 0 Å². The van der Waals surface area contributed by atoms with Crippen molar-refractivity contribution in [1.82, 2.24) is 15.0 Å². The number of amides is 1. The number of carbonyl (C=O) groups is 1. The van der Waals surface area contributed by atoms with E-state index in [1.165, 1.54) is 18.9 Å². The third kappa shape index (κ3) is 3.78. The van der Waals surface area contributed by atoms with E-state index in [4.69, 9.17) is 9.26 Å². The molecule has 0 N–H and O–H groups in total. The number of benzene rings is 1. The van der Waals surface area contributed by atoms with Crippen molar-refractivity contribution >= 4 is 5.91 Å². The summed E-state index contributed by atoms with van der Waals surface area (Å²) in [6, 6.07) is 3.27. The van der Waals surface area contributed by atoms with E-state index in [0.29, 0.717) is 43.6 Å². The van der Waals surface area contributed by atoms with Crippen molar-refractivity contribution in [3.8, 4) is 0 Å². The van der Waals surface area contributed by atoms with E-state index < -0.39 is 11.6 Å². The summed E-state index contributed by atoms with van der Waals surface area (Å²) in [7, 11) is 1.58. The molecule has 1 aromatic carbocycles. The molecule has 28 heavy (non-hydrogen) atoms. The molecule has 8 heteroatoms. The van der Waals surface area contributed by atoms with Crippen LogP contribution in [-0.4, -0.2) is 41.1 Å². The Kier molecular flexibility index (Phi) is 5.14. The van der Waals surface area contributed by atoms with Crippen LogP contribution < -0.4 is 0 Å². The summed E-state index contributed by atoms with van der Waals surface area (Å²) in [5.74, 6) is -0.449. The van der Waals surface area contributed by atoms with Crippen LogP contribution in [0.2, 0.25) is 0 Å². The molecule has 0 bridgehead atoms. The number of carbonyl (C=O) groups excluding carboxylic acids is 1. The number of methoxy groups -OCH3 is 1. The van der Waals surface area contributed by atoms with Crippen LogP contribution in [0.25, 0.3) is 0 Å². The number of hydrogen-bond donors (Lipinski definition) is 0. The first-order chi connectivity index (χ1) is 13.5. The number of ether oxygens (including phenoxy) is 1. The fraction of sp³-hybridized carbons (Fsp3) is 0.550. The largest absolute Gasteiger partial charge is 0.375 e. The van der Waals surface area contributed by atoms with E-state index in [1.807, 2.05) is 0 Å². The third-order valence-electron chi connectivity index (χ3n) is 5.76. The molecular weight excluding hydrogens is 368 g/mol. The Labute approximate surface area is 161 Å². The van der Waals surface area contributed by atoms with Gasteiger partial charge in [-0.1, -0.05) is 18.0 Å². The molecule has 0 atom stereocenters. The number of likely N-dealkylation sites (tertiary alicyclic amines) is 1. The highest BCUT2D eigenvalue weighted by atomic mass is 19.2. The first-order valence-electron chi connectivity index (χ1n) is 9.57. The molecule has 4 rings (SSSR count). The molecule has 1 saturated heterocycles. The van der Waals surface area contributed by atoms with Gasteiger partial charge in [0.15, 0.2) is 17.5 Å². The van der Waals surface area contributed by atoms with Crippen LogP contribution in [0, 0.1) is 17.6 Å². The molecule has 150 valence electrons.